The lowest BCUT2D eigenvalue weighted by Gasteiger charge is -2.08. The summed E-state index contributed by atoms with van der Waals surface area (Å²) in [5.74, 6) is -0.109. The first-order valence-corrected chi connectivity index (χ1v) is 7.44. The van der Waals surface area contributed by atoms with Crippen LogP contribution in [0.15, 0.2) is 42.6 Å². The van der Waals surface area contributed by atoms with Crippen molar-refractivity contribution in [1.82, 2.24) is 9.38 Å². The van der Waals surface area contributed by atoms with Crippen molar-refractivity contribution in [1.29, 1.82) is 0 Å². The molecule has 2 heterocycles. The summed E-state index contributed by atoms with van der Waals surface area (Å²) in [6, 6.07) is 11.5. The molecule has 1 amide bonds. The predicted molar refractivity (Wildman–Crippen MR) is 88.4 cm³/mol. The van der Waals surface area contributed by atoms with E-state index < -0.39 is 0 Å². The van der Waals surface area contributed by atoms with Gasteiger partial charge in [0.15, 0.2) is 0 Å². The maximum atomic E-state index is 12.5. The molecule has 1 N–H and O–H groups in total. The number of amides is 1. The van der Waals surface area contributed by atoms with Crippen molar-refractivity contribution in [3.8, 4) is 0 Å². The molecule has 3 aromatic rings. The molecule has 22 heavy (non-hydrogen) atoms. The van der Waals surface area contributed by atoms with Gasteiger partial charge < -0.3 is 9.72 Å². The molecule has 0 aliphatic carbocycles. The van der Waals surface area contributed by atoms with Crippen LogP contribution in [0.2, 0.25) is 0 Å². The lowest BCUT2D eigenvalue weighted by Crippen LogP contribution is -2.13. The molecule has 0 saturated carbocycles. The highest BCUT2D eigenvalue weighted by Gasteiger charge is 2.11. The minimum atomic E-state index is -0.109. The Bertz CT molecular complexity index is 849. The van der Waals surface area contributed by atoms with Gasteiger partial charge in [-0.3, -0.25) is 4.79 Å². The number of carbonyl (C=O) groups excluding carboxylic acids is 1. The topological polar surface area (TPSA) is 46.4 Å². The van der Waals surface area contributed by atoms with Gasteiger partial charge in [-0.05, 0) is 44.0 Å². The number of nitrogens with one attached hydrogen (secondary N) is 1. The first-order chi connectivity index (χ1) is 10.6. The highest BCUT2D eigenvalue weighted by atomic mass is 16.1. The van der Waals surface area contributed by atoms with Crippen LogP contribution in [0.3, 0.4) is 0 Å². The number of aromatic nitrogens is 2. The number of para-hydroxylation sites is 1. The highest BCUT2D eigenvalue weighted by Crippen LogP contribution is 2.17. The van der Waals surface area contributed by atoms with E-state index in [0.29, 0.717) is 5.56 Å². The van der Waals surface area contributed by atoms with Crippen LogP contribution in [0.25, 0.3) is 5.65 Å². The van der Waals surface area contributed by atoms with Gasteiger partial charge in [0, 0.05) is 17.6 Å². The Balaban J connectivity index is 1.94. The first-order valence-electron chi connectivity index (χ1n) is 7.44. The summed E-state index contributed by atoms with van der Waals surface area (Å²) in [4.78, 5) is 17.0. The number of aryl methyl sites for hydroxylation is 3. The van der Waals surface area contributed by atoms with Crippen LogP contribution in [0.5, 0.6) is 0 Å². The van der Waals surface area contributed by atoms with Gasteiger partial charge in [-0.15, -0.1) is 0 Å². The molecule has 0 unspecified atom stereocenters. The average molecular weight is 293 g/mol. The number of benzene rings is 1. The summed E-state index contributed by atoms with van der Waals surface area (Å²) < 4.78 is 1.98. The van der Waals surface area contributed by atoms with Crippen molar-refractivity contribution in [2.45, 2.75) is 27.2 Å². The van der Waals surface area contributed by atoms with Crippen LogP contribution in [0, 0.1) is 13.8 Å². The number of pyridine rings is 1. The number of carbonyl (C=O) groups is 1. The van der Waals surface area contributed by atoms with Crippen molar-refractivity contribution < 1.29 is 4.79 Å². The van der Waals surface area contributed by atoms with Crippen molar-refractivity contribution >= 4 is 17.2 Å². The molecule has 0 fully saturated rings. The molecule has 4 heteroatoms. The van der Waals surface area contributed by atoms with Gasteiger partial charge in [0.25, 0.3) is 5.91 Å². The SMILES string of the molecule is CCc1nc2ccc(C(=O)Nc3ccccc3C)cn2c1C. The fourth-order valence-corrected chi connectivity index (χ4v) is 2.59. The van der Waals surface area contributed by atoms with E-state index in [4.69, 9.17) is 0 Å². The Morgan fingerprint density at radius 2 is 1.95 bits per heavy atom. The molecular weight excluding hydrogens is 274 g/mol. The molecule has 0 spiro atoms. The number of hydrogen-bond donors (Lipinski definition) is 1. The van der Waals surface area contributed by atoms with Gasteiger partial charge in [-0.2, -0.15) is 0 Å². The lowest BCUT2D eigenvalue weighted by atomic mass is 10.2. The number of imidazole rings is 1. The second-order valence-electron chi connectivity index (χ2n) is 5.41. The van der Waals surface area contributed by atoms with Gasteiger partial charge in [0.05, 0.1) is 11.3 Å². The Labute approximate surface area is 129 Å². The number of anilines is 1. The lowest BCUT2D eigenvalue weighted by molar-refractivity contribution is 0.102. The second kappa shape index (κ2) is 5.64. The Morgan fingerprint density at radius 3 is 2.68 bits per heavy atom. The Hall–Kier alpha value is -2.62. The van der Waals surface area contributed by atoms with E-state index in [0.717, 1.165) is 34.7 Å². The molecule has 0 aliphatic heterocycles. The summed E-state index contributed by atoms with van der Waals surface area (Å²) >= 11 is 0. The van der Waals surface area contributed by atoms with Crippen LogP contribution in [-0.2, 0) is 6.42 Å². The number of hydrogen-bond acceptors (Lipinski definition) is 2. The van der Waals surface area contributed by atoms with E-state index in [1.807, 2.05) is 60.8 Å². The van der Waals surface area contributed by atoms with Crippen LogP contribution in [0.4, 0.5) is 5.69 Å². The maximum Gasteiger partial charge on any atom is 0.257 e. The molecule has 2 aromatic heterocycles. The number of rotatable bonds is 3. The smallest absolute Gasteiger partial charge is 0.257 e. The molecule has 0 aliphatic rings. The highest BCUT2D eigenvalue weighted by molar-refractivity contribution is 6.04. The Morgan fingerprint density at radius 1 is 1.18 bits per heavy atom. The quantitative estimate of drug-likeness (QED) is 0.799. The third-order valence-corrected chi connectivity index (χ3v) is 3.95. The maximum absolute atomic E-state index is 12.5. The van der Waals surface area contributed by atoms with E-state index >= 15 is 0 Å². The Kier molecular flexibility index (Phi) is 3.67. The molecule has 0 saturated heterocycles. The number of nitrogens with zero attached hydrogens (tertiary/aromatic N) is 2. The fourth-order valence-electron chi connectivity index (χ4n) is 2.59. The summed E-state index contributed by atoms with van der Waals surface area (Å²) in [5, 5.41) is 2.96. The fraction of sp³-hybridized carbons (Fsp3) is 0.222. The molecule has 112 valence electrons. The van der Waals surface area contributed by atoms with Gasteiger partial charge >= 0.3 is 0 Å². The van der Waals surface area contributed by atoms with E-state index in [1.54, 1.807) is 0 Å². The molecule has 0 atom stereocenters. The summed E-state index contributed by atoms with van der Waals surface area (Å²) in [6.45, 7) is 6.09. The van der Waals surface area contributed by atoms with Crippen LogP contribution < -0.4 is 5.32 Å². The molecule has 0 bridgehead atoms. The van der Waals surface area contributed by atoms with Crippen molar-refractivity contribution in [3.63, 3.8) is 0 Å². The van der Waals surface area contributed by atoms with Crippen LogP contribution in [-0.4, -0.2) is 15.3 Å². The first kappa shape index (κ1) is 14.3. The number of fused-ring (bicyclic) bond motifs is 1. The van der Waals surface area contributed by atoms with E-state index in [2.05, 4.69) is 17.2 Å². The van der Waals surface area contributed by atoms with Gasteiger partial charge in [-0.1, -0.05) is 25.1 Å². The normalized spacial score (nSPS) is 10.9. The van der Waals surface area contributed by atoms with E-state index in [9.17, 15) is 4.79 Å². The predicted octanol–water partition coefficient (Wildman–Crippen LogP) is 3.77. The van der Waals surface area contributed by atoms with Crippen molar-refractivity contribution in [2.24, 2.45) is 0 Å². The zero-order valence-electron chi connectivity index (χ0n) is 13.1. The monoisotopic (exact) mass is 293 g/mol. The largest absolute Gasteiger partial charge is 0.322 e. The van der Waals surface area contributed by atoms with E-state index in [1.165, 1.54) is 0 Å². The average Bonchev–Trinajstić information content (AvgIpc) is 2.85. The van der Waals surface area contributed by atoms with Crippen molar-refractivity contribution in [3.05, 3.63) is 65.1 Å². The molecule has 3 rings (SSSR count). The summed E-state index contributed by atoms with van der Waals surface area (Å²) in [6.07, 6.45) is 2.74. The minimum Gasteiger partial charge on any atom is -0.322 e. The molecule has 4 nitrogen and oxygen atoms in total. The van der Waals surface area contributed by atoms with Crippen molar-refractivity contribution in [2.75, 3.05) is 5.32 Å². The zero-order chi connectivity index (χ0) is 15.7. The van der Waals surface area contributed by atoms with Crippen LogP contribution >= 0.6 is 0 Å². The van der Waals surface area contributed by atoms with Crippen LogP contribution in [0.1, 0.15) is 34.2 Å². The minimum absolute atomic E-state index is 0.109. The molecule has 1 aromatic carbocycles. The third-order valence-electron chi connectivity index (χ3n) is 3.95. The standard InChI is InChI=1S/C18H19N3O/c1-4-15-13(3)21-11-14(9-10-17(21)19-15)18(22)20-16-8-6-5-7-12(16)2/h5-11H,4H2,1-3H3,(H,20,22). The summed E-state index contributed by atoms with van der Waals surface area (Å²) in [7, 11) is 0. The second-order valence-corrected chi connectivity index (χ2v) is 5.41. The summed E-state index contributed by atoms with van der Waals surface area (Å²) in [5.41, 5.74) is 5.54. The third kappa shape index (κ3) is 2.48. The van der Waals surface area contributed by atoms with E-state index in [-0.39, 0.29) is 5.91 Å². The zero-order valence-corrected chi connectivity index (χ0v) is 13.1. The van der Waals surface area contributed by atoms with Gasteiger partial charge in [-0.25, -0.2) is 4.98 Å². The van der Waals surface area contributed by atoms with Gasteiger partial charge in [0.2, 0.25) is 0 Å². The molecule has 0 radical (unpaired) electrons. The molecular formula is C18H19N3O. The van der Waals surface area contributed by atoms with Gasteiger partial charge in [0.1, 0.15) is 5.65 Å².